The second-order valence-corrected chi connectivity index (χ2v) is 6.80. The SMILES string of the molecule is CC(C(=O)N1CCCC(CO)C1)(c1ccccc1)c1ccccc1. The Kier molecular flexibility index (Phi) is 5.00. The lowest BCUT2D eigenvalue weighted by atomic mass is 9.74. The van der Waals surface area contributed by atoms with Crippen LogP contribution in [0, 0.1) is 5.92 Å². The first kappa shape index (κ1) is 16.7. The van der Waals surface area contributed by atoms with Crippen molar-refractivity contribution in [2.75, 3.05) is 19.7 Å². The van der Waals surface area contributed by atoms with Crippen LogP contribution < -0.4 is 0 Å². The van der Waals surface area contributed by atoms with Gasteiger partial charge in [0.25, 0.3) is 0 Å². The van der Waals surface area contributed by atoms with Crippen LogP contribution in [0.4, 0.5) is 0 Å². The van der Waals surface area contributed by atoms with Crippen molar-refractivity contribution in [3.05, 3.63) is 71.8 Å². The van der Waals surface area contributed by atoms with Gasteiger partial charge < -0.3 is 10.0 Å². The summed E-state index contributed by atoms with van der Waals surface area (Å²) in [4.78, 5) is 15.5. The summed E-state index contributed by atoms with van der Waals surface area (Å²) >= 11 is 0. The molecule has 3 nitrogen and oxygen atoms in total. The van der Waals surface area contributed by atoms with Crippen molar-refractivity contribution in [3.63, 3.8) is 0 Å². The summed E-state index contributed by atoms with van der Waals surface area (Å²) in [6, 6.07) is 20.0. The Morgan fingerprint density at radius 2 is 1.62 bits per heavy atom. The van der Waals surface area contributed by atoms with Crippen molar-refractivity contribution < 1.29 is 9.90 Å². The zero-order valence-corrected chi connectivity index (χ0v) is 14.2. The van der Waals surface area contributed by atoms with Crippen molar-refractivity contribution >= 4 is 5.91 Å². The van der Waals surface area contributed by atoms with Crippen molar-refractivity contribution in [1.29, 1.82) is 0 Å². The number of hydrogen-bond donors (Lipinski definition) is 1. The van der Waals surface area contributed by atoms with E-state index in [2.05, 4.69) is 0 Å². The van der Waals surface area contributed by atoms with Crippen LogP contribution in [0.5, 0.6) is 0 Å². The van der Waals surface area contributed by atoms with Gasteiger partial charge >= 0.3 is 0 Å². The minimum atomic E-state index is -0.708. The van der Waals surface area contributed by atoms with E-state index in [1.165, 1.54) is 0 Å². The Hall–Kier alpha value is -2.13. The van der Waals surface area contributed by atoms with E-state index in [0.717, 1.165) is 30.5 Å². The summed E-state index contributed by atoms with van der Waals surface area (Å²) in [7, 11) is 0. The molecule has 0 radical (unpaired) electrons. The number of aliphatic hydroxyl groups excluding tert-OH is 1. The van der Waals surface area contributed by atoms with E-state index in [9.17, 15) is 9.90 Å². The molecule has 126 valence electrons. The first-order valence-corrected chi connectivity index (χ1v) is 8.67. The van der Waals surface area contributed by atoms with E-state index in [1.807, 2.05) is 72.5 Å². The molecule has 0 aromatic heterocycles. The number of likely N-dealkylation sites (tertiary alicyclic amines) is 1. The molecule has 1 aliphatic rings. The highest BCUT2D eigenvalue weighted by Gasteiger charge is 2.41. The lowest BCUT2D eigenvalue weighted by Gasteiger charge is -2.39. The molecule has 2 aromatic rings. The minimum absolute atomic E-state index is 0.123. The van der Waals surface area contributed by atoms with Crippen molar-refractivity contribution in [2.45, 2.75) is 25.2 Å². The first-order chi connectivity index (χ1) is 11.7. The molecule has 2 aromatic carbocycles. The lowest BCUT2D eigenvalue weighted by Crippen LogP contribution is -2.50. The van der Waals surface area contributed by atoms with Crippen LogP contribution >= 0.6 is 0 Å². The van der Waals surface area contributed by atoms with E-state index >= 15 is 0 Å². The second-order valence-electron chi connectivity index (χ2n) is 6.80. The Labute approximate surface area is 143 Å². The fraction of sp³-hybridized carbons (Fsp3) is 0.381. The molecule has 3 rings (SSSR count). The molecule has 1 unspecified atom stereocenters. The zero-order valence-electron chi connectivity index (χ0n) is 14.2. The summed E-state index contributed by atoms with van der Waals surface area (Å²) in [5.74, 6) is 0.316. The minimum Gasteiger partial charge on any atom is -0.396 e. The molecule has 1 aliphatic heterocycles. The molecule has 0 aliphatic carbocycles. The van der Waals surface area contributed by atoms with E-state index in [0.29, 0.717) is 6.54 Å². The maximum absolute atomic E-state index is 13.5. The van der Waals surface area contributed by atoms with Crippen LogP contribution in [-0.4, -0.2) is 35.6 Å². The van der Waals surface area contributed by atoms with Gasteiger partial charge in [-0.3, -0.25) is 4.79 Å². The number of carbonyl (C=O) groups excluding carboxylic acids is 1. The van der Waals surface area contributed by atoms with Gasteiger partial charge in [0.1, 0.15) is 0 Å². The molecule has 1 N–H and O–H groups in total. The number of nitrogens with zero attached hydrogens (tertiary/aromatic N) is 1. The molecular formula is C21H25NO2. The van der Waals surface area contributed by atoms with Gasteiger partial charge in [-0.15, -0.1) is 0 Å². The molecule has 3 heteroatoms. The third-order valence-electron chi connectivity index (χ3n) is 5.19. The van der Waals surface area contributed by atoms with Crippen molar-refractivity contribution in [3.8, 4) is 0 Å². The molecule has 0 spiro atoms. The summed E-state index contributed by atoms with van der Waals surface area (Å²) < 4.78 is 0. The maximum Gasteiger partial charge on any atom is 0.237 e. The van der Waals surface area contributed by atoms with Crippen molar-refractivity contribution in [1.82, 2.24) is 4.90 Å². The Morgan fingerprint density at radius 1 is 1.08 bits per heavy atom. The fourth-order valence-electron chi connectivity index (χ4n) is 3.67. The predicted molar refractivity (Wildman–Crippen MR) is 95.7 cm³/mol. The Morgan fingerprint density at radius 3 is 2.12 bits per heavy atom. The molecule has 24 heavy (non-hydrogen) atoms. The lowest BCUT2D eigenvalue weighted by molar-refractivity contribution is -0.137. The first-order valence-electron chi connectivity index (χ1n) is 8.67. The number of benzene rings is 2. The van der Waals surface area contributed by atoms with Gasteiger partial charge in [0.15, 0.2) is 0 Å². The summed E-state index contributed by atoms with van der Waals surface area (Å²) in [5.41, 5.74) is 1.31. The van der Waals surface area contributed by atoms with Crippen molar-refractivity contribution in [2.24, 2.45) is 5.92 Å². The van der Waals surface area contributed by atoms with Gasteiger partial charge in [-0.05, 0) is 36.8 Å². The van der Waals surface area contributed by atoms with Crippen LogP contribution in [0.15, 0.2) is 60.7 Å². The maximum atomic E-state index is 13.5. The van der Waals surface area contributed by atoms with Crippen LogP contribution in [0.1, 0.15) is 30.9 Å². The number of piperidine rings is 1. The number of aliphatic hydroxyl groups is 1. The van der Waals surface area contributed by atoms with Crippen LogP contribution in [-0.2, 0) is 10.2 Å². The zero-order chi connectivity index (χ0) is 17.0. The number of rotatable bonds is 4. The van der Waals surface area contributed by atoms with Crippen LogP contribution in [0.2, 0.25) is 0 Å². The van der Waals surface area contributed by atoms with Crippen LogP contribution in [0.25, 0.3) is 0 Å². The standard InChI is InChI=1S/C21H25NO2/c1-21(18-10-4-2-5-11-18,19-12-6-3-7-13-19)20(24)22-14-8-9-17(15-22)16-23/h2-7,10-13,17,23H,8-9,14-16H2,1H3. The molecule has 1 amide bonds. The van der Waals surface area contributed by atoms with Gasteiger partial charge in [-0.25, -0.2) is 0 Å². The third-order valence-corrected chi connectivity index (χ3v) is 5.19. The third kappa shape index (κ3) is 3.09. The average molecular weight is 323 g/mol. The molecule has 0 bridgehead atoms. The number of hydrogen-bond acceptors (Lipinski definition) is 2. The largest absolute Gasteiger partial charge is 0.396 e. The molecular weight excluding hydrogens is 298 g/mol. The van der Waals surface area contributed by atoms with E-state index in [4.69, 9.17) is 0 Å². The van der Waals surface area contributed by atoms with E-state index in [-0.39, 0.29) is 18.4 Å². The quantitative estimate of drug-likeness (QED) is 0.938. The molecule has 1 saturated heterocycles. The molecule has 1 fully saturated rings. The fourth-order valence-corrected chi connectivity index (χ4v) is 3.67. The Balaban J connectivity index is 2.00. The summed E-state index contributed by atoms with van der Waals surface area (Å²) in [5, 5.41) is 9.49. The highest BCUT2D eigenvalue weighted by atomic mass is 16.3. The van der Waals surface area contributed by atoms with Gasteiger partial charge in [0.2, 0.25) is 5.91 Å². The predicted octanol–water partition coefficient (Wildman–Crippen LogP) is 3.22. The highest BCUT2D eigenvalue weighted by molar-refractivity contribution is 5.91. The van der Waals surface area contributed by atoms with E-state index < -0.39 is 5.41 Å². The number of amides is 1. The van der Waals surface area contributed by atoms with Crippen LogP contribution in [0.3, 0.4) is 0 Å². The Bertz CT molecular complexity index is 629. The normalized spacial score (nSPS) is 18.4. The van der Waals surface area contributed by atoms with Gasteiger partial charge in [0, 0.05) is 19.7 Å². The summed E-state index contributed by atoms with van der Waals surface area (Å²) in [6.07, 6.45) is 1.95. The molecule has 1 atom stereocenters. The number of carbonyl (C=O) groups is 1. The van der Waals surface area contributed by atoms with E-state index in [1.54, 1.807) is 0 Å². The molecule has 1 heterocycles. The smallest absolute Gasteiger partial charge is 0.237 e. The second kappa shape index (κ2) is 7.18. The highest BCUT2D eigenvalue weighted by Crippen LogP contribution is 2.35. The average Bonchev–Trinajstić information content (AvgIpc) is 2.68. The van der Waals surface area contributed by atoms with Gasteiger partial charge in [-0.2, -0.15) is 0 Å². The molecule has 0 saturated carbocycles. The topological polar surface area (TPSA) is 40.5 Å². The van der Waals surface area contributed by atoms with Gasteiger partial charge in [-0.1, -0.05) is 60.7 Å². The monoisotopic (exact) mass is 323 g/mol. The summed E-state index contributed by atoms with van der Waals surface area (Å²) in [6.45, 7) is 3.58. The van der Waals surface area contributed by atoms with Gasteiger partial charge in [0.05, 0.1) is 5.41 Å².